The molecule has 0 aliphatic carbocycles. The minimum absolute atomic E-state index is 0.00341. The van der Waals surface area contributed by atoms with E-state index in [1.54, 1.807) is 0 Å². The Morgan fingerprint density at radius 1 is 0.933 bits per heavy atom. The topological polar surface area (TPSA) is 47.0 Å². The number of nitrogens with zero attached hydrogens (tertiary/aromatic N) is 3. The van der Waals surface area contributed by atoms with Crippen molar-refractivity contribution in [3.05, 3.63) is 71.8 Å². The Bertz CT molecular complexity index is 866. The van der Waals surface area contributed by atoms with Gasteiger partial charge in [-0.15, -0.1) is 0 Å². The van der Waals surface area contributed by atoms with Crippen molar-refractivity contribution in [2.75, 3.05) is 39.3 Å². The molecule has 5 rings (SSSR count). The third kappa shape index (κ3) is 3.89. The van der Waals surface area contributed by atoms with Crippen molar-refractivity contribution in [2.45, 2.75) is 36.9 Å². The summed E-state index contributed by atoms with van der Waals surface area (Å²) >= 11 is 0. The molecule has 3 aliphatic heterocycles. The Hall–Kier alpha value is -2.21. The molecule has 3 fully saturated rings. The van der Waals surface area contributed by atoms with Crippen molar-refractivity contribution in [2.24, 2.45) is 0 Å². The Kier molecular flexibility index (Phi) is 5.35. The Labute approximate surface area is 178 Å². The molecule has 1 amide bonds. The van der Waals surface area contributed by atoms with Crippen molar-refractivity contribution >= 4 is 5.91 Å². The van der Waals surface area contributed by atoms with Crippen LogP contribution >= 0.6 is 0 Å². The number of aliphatic hydroxyl groups excluding tert-OH is 1. The van der Waals surface area contributed by atoms with Crippen molar-refractivity contribution in [3.63, 3.8) is 0 Å². The lowest BCUT2D eigenvalue weighted by molar-refractivity contribution is -0.155. The van der Waals surface area contributed by atoms with Crippen LogP contribution in [0.5, 0.6) is 0 Å². The molecule has 2 atom stereocenters. The normalized spacial score (nSPS) is 25.8. The van der Waals surface area contributed by atoms with Gasteiger partial charge < -0.3 is 10.0 Å². The predicted octanol–water partition coefficient (Wildman–Crippen LogP) is 1.80. The summed E-state index contributed by atoms with van der Waals surface area (Å²) in [6.45, 7) is 5.34. The largest absolute Gasteiger partial charge is 0.392 e. The van der Waals surface area contributed by atoms with Crippen LogP contribution in [-0.2, 0) is 17.6 Å². The summed E-state index contributed by atoms with van der Waals surface area (Å²) in [4.78, 5) is 19.9. The zero-order valence-electron chi connectivity index (χ0n) is 17.5. The number of piperazine rings is 1. The molecular weight excluding hydrogens is 374 g/mol. The first kappa shape index (κ1) is 19.7. The van der Waals surface area contributed by atoms with Crippen molar-refractivity contribution in [1.82, 2.24) is 14.7 Å². The van der Waals surface area contributed by atoms with E-state index in [0.29, 0.717) is 12.5 Å². The highest BCUT2D eigenvalue weighted by atomic mass is 16.3. The van der Waals surface area contributed by atoms with Crippen LogP contribution in [-0.4, -0.2) is 82.7 Å². The minimum Gasteiger partial charge on any atom is -0.392 e. The number of carbonyl (C=O) groups excluding carboxylic acids is 1. The van der Waals surface area contributed by atoms with Gasteiger partial charge in [0, 0.05) is 45.3 Å². The van der Waals surface area contributed by atoms with E-state index in [1.807, 2.05) is 35.2 Å². The highest BCUT2D eigenvalue weighted by Gasteiger charge is 2.56. The quantitative estimate of drug-likeness (QED) is 0.824. The van der Waals surface area contributed by atoms with Crippen LogP contribution in [0.2, 0.25) is 0 Å². The maximum Gasteiger partial charge on any atom is 0.227 e. The molecule has 3 heterocycles. The van der Waals surface area contributed by atoms with E-state index in [1.165, 1.54) is 5.56 Å². The summed E-state index contributed by atoms with van der Waals surface area (Å²) in [6.07, 6.45) is 2.13. The van der Waals surface area contributed by atoms with Gasteiger partial charge in [-0.3, -0.25) is 14.6 Å². The van der Waals surface area contributed by atoms with Crippen LogP contribution in [0, 0.1) is 0 Å². The van der Waals surface area contributed by atoms with Crippen molar-refractivity contribution in [3.8, 4) is 0 Å². The third-order valence-electron chi connectivity index (χ3n) is 7.07. The lowest BCUT2D eigenvalue weighted by Gasteiger charge is -2.61. The highest BCUT2D eigenvalue weighted by Crippen LogP contribution is 2.39. The zero-order chi connectivity index (χ0) is 20.6. The van der Waals surface area contributed by atoms with Gasteiger partial charge in [-0.2, -0.15) is 0 Å². The molecule has 158 valence electrons. The Morgan fingerprint density at radius 3 is 2.30 bits per heavy atom. The third-order valence-corrected chi connectivity index (χ3v) is 7.07. The van der Waals surface area contributed by atoms with E-state index in [4.69, 9.17) is 0 Å². The highest BCUT2D eigenvalue weighted by molar-refractivity contribution is 5.80. The van der Waals surface area contributed by atoms with Crippen molar-refractivity contribution in [1.29, 1.82) is 0 Å². The van der Waals surface area contributed by atoms with Crippen LogP contribution in [0.1, 0.15) is 17.5 Å². The summed E-state index contributed by atoms with van der Waals surface area (Å²) in [5.74, 6) is 0.213. The van der Waals surface area contributed by atoms with Gasteiger partial charge in [-0.1, -0.05) is 60.7 Å². The number of aliphatic hydroxyl groups is 1. The summed E-state index contributed by atoms with van der Waals surface area (Å²) < 4.78 is 0. The average molecular weight is 406 g/mol. The standard InChI is InChI=1S/C25H31N3O2/c29-23-14-22-15-26(12-11-20-7-3-1-4-8-20)17-25(28(22)16-23)18-27(19-25)24(30)13-21-9-5-2-6-10-21/h1-10,22-23,29H,11-19H2/t22-,23+/m0/s1. The van der Waals surface area contributed by atoms with E-state index in [9.17, 15) is 9.90 Å². The van der Waals surface area contributed by atoms with Gasteiger partial charge in [0.05, 0.1) is 18.1 Å². The molecule has 2 aromatic carbocycles. The van der Waals surface area contributed by atoms with Gasteiger partial charge >= 0.3 is 0 Å². The zero-order valence-corrected chi connectivity index (χ0v) is 17.5. The summed E-state index contributed by atoms with van der Waals surface area (Å²) in [5.41, 5.74) is 2.45. The molecule has 0 radical (unpaired) electrons. The fraction of sp³-hybridized carbons (Fsp3) is 0.480. The molecular formula is C25H31N3O2. The van der Waals surface area contributed by atoms with Crippen LogP contribution in [0.25, 0.3) is 0 Å². The van der Waals surface area contributed by atoms with E-state index in [-0.39, 0.29) is 17.6 Å². The van der Waals surface area contributed by atoms with Gasteiger partial charge in [0.25, 0.3) is 0 Å². The van der Waals surface area contributed by atoms with E-state index < -0.39 is 0 Å². The number of hydrogen-bond donors (Lipinski definition) is 1. The molecule has 0 saturated carbocycles. The number of β-amino-alcohol motifs (C(OH)–C–C–N with tert-alkyl or cyclic N) is 1. The fourth-order valence-corrected chi connectivity index (χ4v) is 5.62. The second-order valence-electron chi connectivity index (χ2n) is 9.30. The number of amides is 1. The van der Waals surface area contributed by atoms with Gasteiger partial charge in [-0.25, -0.2) is 0 Å². The van der Waals surface area contributed by atoms with E-state index >= 15 is 0 Å². The molecule has 2 aromatic rings. The lowest BCUT2D eigenvalue weighted by Crippen LogP contribution is -2.78. The molecule has 0 aromatic heterocycles. The fourth-order valence-electron chi connectivity index (χ4n) is 5.62. The molecule has 3 aliphatic rings. The predicted molar refractivity (Wildman–Crippen MR) is 117 cm³/mol. The molecule has 3 saturated heterocycles. The Balaban J connectivity index is 1.24. The van der Waals surface area contributed by atoms with Gasteiger partial charge in [-0.05, 0) is 24.0 Å². The van der Waals surface area contributed by atoms with Crippen LogP contribution in [0.3, 0.4) is 0 Å². The summed E-state index contributed by atoms with van der Waals surface area (Å²) in [6, 6.07) is 21.1. The summed E-state index contributed by atoms with van der Waals surface area (Å²) in [5, 5.41) is 10.3. The molecule has 1 N–H and O–H groups in total. The Morgan fingerprint density at radius 2 is 1.60 bits per heavy atom. The van der Waals surface area contributed by atoms with Crippen LogP contribution in [0.4, 0.5) is 0 Å². The van der Waals surface area contributed by atoms with E-state index in [0.717, 1.165) is 57.7 Å². The smallest absolute Gasteiger partial charge is 0.227 e. The van der Waals surface area contributed by atoms with E-state index in [2.05, 4.69) is 40.1 Å². The molecule has 5 nitrogen and oxygen atoms in total. The van der Waals surface area contributed by atoms with Gasteiger partial charge in [0.1, 0.15) is 0 Å². The minimum atomic E-state index is -0.241. The number of carbonyl (C=O) groups is 1. The molecule has 0 unspecified atom stereocenters. The lowest BCUT2D eigenvalue weighted by atomic mass is 9.83. The maximum absolute atomic E-state index is 12.8. The average Bonchev–Trinajstić information content (AvgIpc) is 3.12. The second-order valence-corrected chi connectivity index (χ2v) is 9.30. The SMILES string of the molecule is O=C(Cc1ccccc1)N1CC2(CN(CCc3ccccc3)C[C@@H]3C[C@@H](O)CN32)C1. The van der Waals surface area contributed by atoms with Gasteiger partial charge in [0.15, 0.2) is 0 Å². The van der Waals surface area contributed by atoms with Crippen LogP contribution < -0.4 is 0 Å². The first-order valence-corrected chi connectivity index (χ1v) is 11.1. The molecule has 1 spiro atoms. The number of hydrogen-bond acceptors (Lipinski definition) is 4. The number of benzene rings is 2. The summed E-state index contributed by atoms with van der Waals surface area (Å²) in [7, 11) is 0. The first-order chi connectivity index (χ1) is 14.6. The molecule has 5 heteroatoms. The number of fused-ring (bicyclic) bond motifs is 2. The van der Waals surface area contributed by atoms with Crippen LogP contribution in [0.15, 0.2) is 60.7 Å². The second kappa shape index (κ2) is 8.14. The maximum atomic E-state index is 12.8. The number of likely N-dealkylation sites (tertiary alicyclic amines) is 1. The molecule has 30 heavy (non-hydrogen) atoms. The molecule has 0 bridgehead atoms. The van der Waals surface area contributed by atoms with Crippen molar-refractivity contribution < 1.29 is 9.90 Å². The van der Waals surface area contributed by atoms with Gasteiger partial charge in [0.2, 0.25) is 5.91 Å². The number of rotatable bonds is 5. The first-order valence-electron chi connectivity index (χ1n) is 11.1. The monoisotopic (exact) mass is 405 g/mol.